The number of ether oxygens (including phenoxy) is 3. The van der Waals surface area contributed by atoms with Crippen LogP contribution in [0, 0.1) is 5.92 Å². The van der Waals surface area contributed by atoms with E-state index in [0.29, 0.717) is 17.9 Å². The van der Waals surface area contributed by atoms with Crippen molar-refractivity contribution in [1.29, 1.82) is 0 Å². The molecule has 0 fully saturated rings. The average molecular weight is 358 g/mol. The predicted octanol–water partition coefficient (Wildman–Crippen LogP) is 3.46. The zero-order valence-electron chi connectivity index (χ0n) is 15.4. The van der Waals surface area contributed by atoms with Gasteiger partial charge in [0.1, 0.15) is 5.75 Å². The Morgan fingerprint density at radius 2 is 1.62 bits per heavy atom. The second kappa shape index (κ2) is 9.85. The first kappa shape index (κ1) is 19.8. The molecule has 0 spiro atoms. The Kier molecular flexibility index (Phi) is 7.51. The van der Waals surface area contributed by atoms with Crippen LogP contribution in [-0.2, 0) is 0 Å². The van der Waals surface area contributed by atoms with Crippen molar-refractivity contribution < 1.29 is 24.4 Å². The maximum atomic E-state index is 10.5. The van der Waals surface area contributed by atoms with Crippen LogP contribution in [0.3, 0.4) is 0 Å². The second-order valence-electron chi connectivity index (χ2n) is 5.91. The molecule has 2 aromatic carbocycles. The van der Waals surface area contributed by atoms with Gasteiger partial charge in [0.2, 0.25) is 0 Å². The molecule has 0 aliphatic carbocycles. The zero-order chi connectivity index (χ0) is 18.9. The third-order valence-corrected chi connectivity index (χ3v) is 4.30. The van der Waals surface area contributed by atoms with Crippen molar-refractivity contribution in [1.82, 2.24) is 0 Å². The Hall–Kier alpha value is -2.50. The lowest BCUT2D eigenvalue weighted by Crippen LogP contribution is -2.16. The van der Waals surface area contributed by atoms with Crippen LogP contribution in [0.5, 0.6) is 17.2 Å². The second-order valence-corrected chi connectivity index (χ2v) is 5.91. The van der Waals surface area contributed by atoms with Gasteiger partial charge in [-0.2, -0.15) is 0 Å². The highest BCUT2D eigenvalue weighted by Crippen LogP contribution is 2.29. The monoisotopic (exact) mass is 358 g/mol. The van der Waals surface area contributed by atoms with Gasteiger partial charge in [0.05, 0.1) is 27.4 Å². The molecule has 2 atom stereocenters. The summed E-state index contributed by atoms with van der Waals surface area (Å²) in [6.45, 7) is -0.108. The van der Waals surface area contributed by atoms with Crippen molar-refractivity contribution >= 4 is 6.08 Å². The summed E-state index contributed by atoms with van der Waals surface area (Å²) in [7, 11) is 4.79. The van der Waals surface area contributed by atoms with E-state index < -0.39 is 6.10 Å². The van der Waals surface area contributed by atoms with Crippen LogP contribution >= 0.6 is 0 Å². The lowest BCUT2D eigenvalue weighted by molar-refractivity contribution is 0.0684. The minimum atomic E-state index is -0.749. The lowest BCUT2D eigenvalue weighted by atomic mass is 9.93. The number of allylic oxidation sites excluding steroid dienone is 1. The summed E-state index contributed by atoms with van der Waals surface area (Å²) >= 11 is 0. The smallest absolute Gasteiger partial charge is 0.161 e. The summed E-state index contributed by atoms with van der Waals surface area (Å²) in [5, 5.41) is 20.2. The molecule has 0 radical (unpaired) electrons. The Morgan fingerprint density at radius 3 is 2.19 bits per heavy atom. The molecule has 0 aliphatic heterocycles. The molecular weight excluding hydrogens is 332 g/mol. The molecule has 0 heterocycles. The quantitative estimate of drug-likeness (QED) is 0.718. The van der Waals surface area contributed by atoms with Gasteiger partial charge in [-0.25, -0.2) is 0 Å². The number of methoxy groups -OCH3 is 3. The van der Waals surface area contributed by atoms with Gasteiger partial charge in [-0.1, -0.05) is 30.4 Å². The van der Waals surface area contributed by atoms with E-state index in [-0.39, 0.29) is 12.5 Å². The van der Waals surface area contributed by atoms with Gasteiger partial charge >= 0.3 is 0 Å². The van der Waals surface area contributed by atoms with Crippen molar-refractivity contribution in [2.24, 2.45) is 5.92 Å². The first-order chi connectivity index (χ1) is 12.6. The Morgan fingerprint density at radius 1 is 0.923 bits per heavy atom. The molecule has 2 rings (SSSR count). The first-order valence-corrected chi connectivity index (χ1v) is 8.44. The highest BCUT2D eigenvalue weighted by atomic mass is 16.5. The molecule has 2 aromatic rings. The predicted molar refractivity (Wildman–Crippen MR) is 102 cm³/mol. The summed E-state index contributed by atoms with van der Waals surface area (Å²) in [6.07, 6.45) is 3.67. The van der Waals surface area contributed by atoms with Crippen LogP contribution in [0.4, 0.5) is 0 Å². The topological polar surface area (TPSA) is 68.2 Å². The van der Waals surface area contributed by atoms with E-state index in [2.05, 4.69) is 0 Å². The molecule has 0 saturated heterocycles. The summed E-state index contributed by atoms with van der Waals surface area (Å²) in [6, 6.07) is 12.9. The third kappa shape index (κ3) is 5.00. The molecular formula is C21H26O5. The summed E-state index contributed by atoms with van der Waals surface area (Å²) in [4.78, 5) is 0. The molecule has 5 heteroatoms. The standard InChI is InChI=1S/C21H26O5/c1-24-18-10-8-16(9-11-18)21(23)17(14-22)6-4-5-15-7-12-19(25-2)20(13-15)26-3/h4-5,7-13,17,21-23H,6,14H2,1-3H3/b5-4+/t17-,21-/m1/s1. The van der Waals surface area contributed by atoms with E-state index in [4.69, 9.17) is 14.2 Å². The van der Waals surface area contributed by atoms with E-state index in [1.54, 1.807) is 33.5 Å². The van der Waals surface area contributed by atoms with Crippen molar-refractivity contribution in [3.05, 3.63) is 59.7 Å². The van der Waals surface area contributed by atoms with E-state index in [1.165, 1.54) is 0 Å². The summed E-state index contributed by atoms with van der Waals surface area (Å²) in [5.74, 6) is 1.77. The van der Waals surface area contributed by atoms with Crippen molar-refractivity contribution in [2.45, 2.75) is 12.5 Å². The summed E-state index contributed by atoms with van der Waals surface area (Å²) < 4.78 is 15.6. The Labute approximate surface area is 154 Å². The lowest BCUT2D eigenvalue weighted by Gasteiger charge is -2.20. The van der Waals surface area contributed by atoms with Gasteiger partial charge in [0.25, 0.3) is 0 Å². The van der Waals surface area contributed by atoms with Gasteiger partial charge < -0.3 is 24.4 Å². The molecule has 26 heavy (non-hydrogen) atoms. The molecule has 0 bridgehead atoms. The Balaban J connectivity index is 2.04. The highest BCUT2D eigenvalue weighted by molar-refractivity contribution is 5.55. The van der Waals surface area contributed by atoms with Crippen molar-refractivity contribution in [3.63, 3.8) is 0 Å². The largest absolute Gasteiger partial charge is 0.497 e. The molecule has 0 aliphatic rings. The maximum Gasteiger partial charge on any atom is 0.161 e. The minimum absolute atomic E-state index is 0.108. The zero-order valence-corrected chi connectivity index (χ0v) is 15.4. The van der Waals surface area contributed by atoms with Crippen molar-refractivity contribution in [3.8, 4) is 17.2 Å². The molecule has 0 amide bonds. The number of hydrogen-bond donors (Lipinski definition) is 2. The maximum absolute atomic E-state index is 10.5. The fourth-order valence-electron chi connectivity index (χ4n) is 2.71. The summed E-state index contributed by atoms with van der Waals surface area (Å²) in [5.41, 5.74) is 1.71. The fourth-order valence-corrected chi connectivity index (χ4v) is 2.71. The van der Waals surface area contributed by atoms with Crippen LogP contribution in [0.25, 0.3) is 6.08 Å². The van der Waals surface area contributed by atoms with E-state index in [1.807, 2.05) is 42.5 Å². The molecule has 0 saturated carbocycles. The highest BCUT2D eigenvalue weighted by Gasteiger charge is 2.19. The molecule has 2 N–H and O–H groups in total. The fraction of sp³-hybridized carbons (Fsp3) is 0.333. The van der Waals surface area contributed by atoms with Crippen LogP contribution < -0.4 is 14.2 Å². The Bertz CT molecular complexity index is 709. The number of aliphatic hydroxyl groups excluding tert-OH is 2. The SMILES string of the molecule is COc1ccc([C@@H](O)[C@@H](CO)C/C=C/c2ccc(OC)c(OC)c2)cc1. The minimum Gasteiger partial charge on any atom is -0.497 e. The number of benzene rings is 2. The van der Waals surface area contributed by atoms with Crippen LogP contribution in [0.15, 0.2) is 48.5 Å². The molecule has 0 aromatic heterocycles. The molecule has 5 nitrogen and oxygen atoms in total. The van der Waals surface area contributed by atoms with Crippen LogP contribution in [0.2, 0.25) is 0 Å². The molecule has 140 valence electrons. The average Bonchev–Trinajstić information content (AvgIpc) is 2.70. The van der Waals surface area contributed by atoms with Gasteiger partial charge in [0.15, 0.2) is 11.5 Å². The van der Waals surface area contributed by atoms with Gasteiger partial charge in [-0.3, -0.25) is 0 Å². The first-order valence-electron chi connectivity index (χ1n) is 8.44. The number of rotatable bonds is 9. The van der Waals surface area contributed by atoms with Crippen LogP contribution in [-0.4, -0.2) is 38.1 Å². The third-order valence-electron chi connectivity index (χ3n) is 4.30. The van der Waals surface area contributed by atoms with Gasteiger partial charge in [-0.05, 0) is 41.8 Å². The van der Waals surface area contributed by atoms with E-state index in [9.17, 15) is 10.2 Å². The van der Waals surface area contributed by atoms with E-state index >= 15 is 0 Å². The number of aliphatic hydroxyl groups is 2. The van der Waals surface area contributed by atoms with Crippen molar-refractivity contribution in [2.75, 3.05) is 27.9 Å². The van der Waals surface area contributed by atoms with Gasteiger partial charge in [-0.15, -0.1) is 0 Å². The molecule has 0 unspecified atom stereocenters. The normalized spacial score (nSPS) is 13.4. The van der Waals surface area contributed by atoms with E-state index in [0.717, 1.165) is 16.9 Å². The van der Waals surface area contributed by atoms with Gasteiger partial charge in [0, 0.05) is 12.5 Å². The number of hydrogen-bond acceptors (Lipinski definition) is 5. The van der Waals surface area contributed by atoms with Crippen LogP contribution in [0.1, 0.15) is 23.7 Å².